The van der Waals surface area contributed by atoms with E-state index in [1.165, 1.54) is 5.56 Å². The van der Waals surface area contributed by atoms with Crippen LogP contribution in [0.25, 0.3) is 0 Å². The fourth-order valence-corrected chi connectivity index (χ4v) is 3.48. The van der Waals surface area contributed by atoms with Crippen LogP contribution in [0.15, 0.2) is 36.4 Å². The van der Waals surface area contributed by atoms with Crippen LogP contribution in [0, 0.1) is 23.4 Å². The Balaban J connectivity index is 2.10. The number of amides is 2. The van der Waals surface area contributed by atoms with Gasteiger partial charge >= 0.3 is 6.03 Å². The Hall–Kier alpha value is -2.50. The summed E-state index contributed by atoms with van der Waals surface area (Å²) in [5, 5.41) is 2.29. The number of benzene rings is 2. The highest BCUT2D eigenvalue weighted by Crippen LogP contribution is 2.21. The molecule has 31 heavy (non-hydrogen) atoms. The summed E-state index contributed by atoms with van der Waals surface area (Å²) < 4.78 is 41.1. The zero-order valence-corrected chi connectivity index (χ0v) is 18.7. The lowest BCUT2D eigenvalue weighted by Crippen LogP contribution is -2.35. The van der Waals surface area contributed by atoms with Crippen molar-refractivity contribution in [2.75, 3.05) is 11.9 Å². The lowest BCUT2D eigenvalue weighted by molar-refractivity contribution is 0.207. The average molecular weight is 435 g/mol. The SMILES string of the molecule is CCCCCCCN(Cc1ccc(CC(C)C)cc1)C(=O)Nc1c(F)cc(F)cc1F. The molecule has 0 saturated carbocycles. The summed E-state index contributed by atoms with van der Waals surface area (Å²) in [5.74, 6) is -2.74. The van der Waals surface area contributed by atoms with Gasteiger partial charge in [0.1, 0.15) is 11.5 Å². The first-order chi connectivity index (χ1) is 14.8. The van der Waals surface area contributed by atoms with E-state index in [0.717, 1.165) is 44.1 Å². The summed E-state index contributed by atoms with van der Waals surface area (Å²) in [6.07, 6.45) is 6.09. The van der Waals surface area contributed by atoms with E-state index >= 15 is 0 Å². The van der Waals surface area contributed by atoms with E-state index in [4.69, 9.17) is 0 Å². The first-order valence-electron chi connectivity index (χ1n) is 11.1. The molecule has 1 N–H and O–H groups in total. The first kappa shape index (κ1) is 24.8. The number of rotatable bonds is 11. The quantitative estimate of drug-likeness (QED) is 0.370. The van der Waals surface area contributed by atoms with Crippen molar-refractivity contribution in [3.8, 4) is 0 Å². The molecule has 6 heteroatoms. The van der Waals surface area contributed by atoms with Crippen molar-refractivity contribution in [1.29, 1.82) is 0 Å². The van der Waals surface area contributed by atoms with E-state index in [-0.39, 0.29) is 0 Å². The summed E-state index contributed by atoms with van der Waals surface area (Å²) in [5.41, 5.74) is 1.54. The molecule has 0 radical (unpaired) electrons. The molecule has 0 unspecified atom stereocenters. The highest BCUT2D eigenvalue weighted by atomic mass is 19.1. The van der Waals surface area contributed by atoms with Crippen LogP contribution in [-0.4, -0.2) is 17.5 Å². The summed E-state index contributed by atoms with van der Waals surface area (Å²) in [6, 6.07) is 8.56. The smallest absolute Gasteiger partial charge is 0.320 e. The minimum atomic E-state index is -1.13. The van der Waals surface area contributed by atoms with Crippen LogP contribution in [-0.2, 0) is 13.0 Å². The maximum Gasteiger partial charge on any atom is 0.322 e. The molecule has 3 nitrogen and oxygen atoms in total. The highest BCUT2D eigenvalue weighted by molar-refractivity contribution is 5.89. The van der Waals surface area contributed by atoms with Crippen molar-refractivity contribution in [1.82, 2.24) is 4.90 Å². The van der Waals surface area contributed by atoms with Gasteiger partial charge in [-0.1, -0.05) is 70.7 Å². The molecule has 0 atom stereocenters. The number of nitrogens with one attached hydrogen (secondary N) is 1. The topological polar surface area (TPSA) is 32.3 Å². The molecule has 0 saturated heterocycles. The minimum Gasteiger partial charge on any atom is -0.320 e. The number of carbonyl (C=O) groups excluding carboxylic acids is 1. The van der Waals surface area contributed by atoms with Crippen LogP contribution in [0.2, 0.25) is 0 Å². The Labute approximate surface area is 183 Å². The molecule has 0 aliphatic carbocycles. The number of carbonyl (C=O) groups is 1. The van der Waals surface area contributed by atoms with Crippen molar-refractivity contribution in [2.45, 2.75) is 65.8 Å². The van der Waals surface area contributed by atoms with Gasteiger partial charge in [-0.15, -0.1) is 0 Å². The molecular weight excluding hydrogens is 401 g/mol. The Morgan fingerprint density at radius 2 is 1.52 bits per heavy atom. The monoisotopic (exact) mass is 434 g/mol. The Kier molecular flexibility index (Phi) is 9.89. The van der Waals surface area contributed by atoms with Crippen molar-refractivity contribution >= 4 is 11.7 Å². The molecule has 2 amide bonds. The van der Waals surface area contributed by atoms with Crippen molar-refractivity contribution in [3.63, 3.8) is 0 Å². The van der Waals surface area contributed by atoms with Gasteiger partial charge in [-0.05, 0) is 29.9 Å². The third-order valence-corrected chi connectivity index (χ3v) is 5.10. The van der Waals surface area contributed by atoms with Crippen LogP contribution in [0.1, 0.15) is 64.0 Å². The molecule has 0 spiro atoms. The van der Waals surface area contributed by atoms with E-state index in [1.807, 2.05) is 24.3 Å². The first-order valence-corrected chi connectivity index (χ1v) is 11.1. The Bertz CT molecular complexity index is 814. The second-order valence-corrected chi connectivity index (χ2v) is 8.42. The predicted molar refractivity (Wildman–Crippen MR) is 119 cm³/mol. The maximum atomic E-state index is 14.0. The molecule has 2 aromatic carbocycles. The molecule has 0 fully saturated rings. The van der Waals surface area contributed by atoms with Gasteiger partial charge in [0.25, 0.3) is 0 Å². The van der Waals surface area contributed by atoms with Crippen molar-refractivity contribution < 1.29 is 18.0 Å². The van der Waals surface area contributed by atoms with Gasteiger partial charge in [0.05, 0.1) is 0 Å². The van der Waals surface area contributed by atoms with Gasteiger partial charge in [0.15, 0.2) is 11.6 Å². The largest absolute Gasteiger partial charge is 0.322 e. The lowest BCUT2D eigenvalue weighted by atomic mass is 10.0. The normalized spacial score (nSPS) is 11.1. The number of anilines is 1. The number of nitrogens with zero attached hydrogens (tertiary/aromatic N) is 1. The fourth-order valence-electron chi connectivity index (χ4n) is 3.48. The summed E-state index contributed by atoms with van der Waals surface area (Å²) in [7, 11) is 0. The standard InChI is InChI=1S/C25H33F3N2O/c1-4-5-6-7-8-13-30(17-20-11-9-19(10-12-20)14-18(2)3)25(31)29-24-22(27)15-21(26)16-23(24)28/h9-12,15-16,18H,4-8,13-14,17H2,1-3H3,(H,29,31). The summed E-state index contributed by atoms with van der Waals surface area (Å²) >= 11 is 0. The van der Waals surface area contributed by atoms with Crippen LogP contribution < -0.4 is 5.32 Å². The Morgan fingerprint density at radius 1 is 0.935 bits per heavy atom. The number of urea groups is 1. The van der Waals surface area contributed by atoms with E-state index in [0.29, 0.717) is 31.1 Å². The number of hydrogen-bond acceptors (Lipinski definition) is 1. The second kappa shape index (κ2) is 12.4. The summed E-state index contributed by atoms with van der Waals surface area (Å²) in [6.45, 7) is 7.24. The maximum absolute atomic E-state index is 14.0. The highest BCUT2D eigenvalue weighted by Gasteiger charge is 2.19. The zero-order valence-electron chi connectivity index (χ0n) is 18.7. The van der Waals surface area contributed by atoms with Gasteiger partial charge in [0, 0.05) is 25.2 Å². The van der Waals surface area contributed by atoms with Gasteiger partial charge in [-0.2, -0.15) is 0 Å². The molecule has 0 bridgehead atoms. The molecule has 2 aromatic rings. The van der Waals surface area contributed by atoms with Crippen LogP contribution in [0.3, 0.4) is 0 Å². The number of unbranched alkanes of at least 4 members (excludes halogenated alkanes) is 4. The van der Waals surface area contributed by atoms with Gasteiger partial charge < -0.3 is 10.2 Å². The molecule has 0 aliphatic rings. The minimum absolute atomic E-state index is 0.325. The third kappa shape index (κ3) is 8.27. The zero-order chi connectivity index (χ0) is 22.8. The second-order valence-electron chi connectivity index (χ2n) is 8.42. The van der Waals surface area contributed by atoms with Crippen molar-refractivity contribution in [2.24, 2.45) is 5.92 Å². The van der Waals surface area contributed by atoms with Crippen LogP contribution >= 0.6 is 0 Å². The number of halogens is 3. The average Bonchev–Trinajstić information content (AvgIpc) is 2.70. The van der Waals surface area contributed by atoms with E-state index in [1.54, 1.807) is 4.90 Å². The van der Waals surface area contributed by atoms with E-state index in [9.17, 15) is 18.0 Å². The Morgan fingerprint density at radius 3 is 2.10 bits per heavy atom. The molecule has 170 valence electrons. The molecule has 0 heterocycles. The van der Waals surface area contributed by atoms with E-state index in [2.05, 4.69) is 26.1 Å². The molecule has 2 rings (SSSR count). The van der Waals surface area contributed by atoms with Gasteiger partial charge in [-0.3, -0.25) is 0 Å². The van der Waals surface area contributed by atoms with Gasteiger partial charge in [0.2, 0.25) is 0 Å². The molecular formula is C25H33F3N2O. The predicted octanol–water partition coefficient (Wildman–Crippen LogP) is 7.31. The van der Waals surface area contributed by atoms with Gasteiger partial charge in [-0.25, -0.2) is 18.0 Å². The van der Waals surface area contributed by atoms with Crippen LogP contribution in [0.5, 0.6) is 0 Å². The van der Waals surface area contributed by atoms with Crippen molar-refractivity contribution in [3.05, 3.63) is 65.0 Å². The number of hydrogen-bond donors (Lipinski definition) is 1. The van der Waals surface area contributed by atoms with E-state index < -0.39 is 29.2 Å². The summed E-state index contributed by atoms with van der Waals surface area (Å²) in [4.78, 5) is 14.4. The fraction of sp³-hybridized carbons (Fsp3) is 0.480. The van der Waals surface area contributed by atoms with Crippen LogP contribution in [0.4, 0.5) is 23.7 Å². The third-order valence-electron chi connectivity index (χ3n) is 5.10. The molecule has 0 aliphatic heterocycles. The lowest BCUT2D eigenvalue weighted by Gasteiger charge is -2.24. The molecule has 0 aromatic heterocycles.